The molecule has 2 aromatic carbocycles. The monoisotopic (exact) mass is 324 g/mol. The molecule has 106 valence electrons. The molecule has 0 aliphatic carbocycles. The third-order valence-electron chi connectivity index (χ3n) is 2.55. The largest absolute Gasteiger partial charge is 0.227 e. The second-order valence-electron chi connectivity index (χ2n) is 4.35. The van der Waals surface area contributed by atoms with Crippen LogP contribution < -0.4 is 0 Å². The number of hydrogen-bond donors (Lipinski definition) is 0. The molecule has 0 aliphatic heterocycles. The van der Waals surface area contributed by atoms with Crippen LogP contribution in [0, 0.1) is 0 Å². The molecule has 0 saturated heterocycles. The number of rotatable bonds is 6. The van der Waals surface area contributed by atoms with Gasteiger partial charge < -0.3 is 0 Å². The highest BCUT2D eigenvalue weighted by Crippen LogP contribution is 2.35. The van der Waals surface area contributed by atoms with E-state index in [1.54, 1.807) is 0 Å². The van der Waals surface area contributed by atoms with E-state index < -0.39 is 13.8 Å². The smallest absolute Gasteiger partial charge is 0.169 e. The van der Waals surface area contributed by atoms with Crippen LogP contribution in [-0.4, -0.2) is 18.6 Å². The van der Waals surface area contributed by atoms with Crippen molar-refractivity contribution in [2.75, 3.05) is 6.26 Å². The van der Waals surface area contributed by atoms with Gasteiger partial charge in [-0.15, -0.1) is 11.8 Å². The second-order valence-corrected chi connectivity index (χ2v) is 9.64. The Balaban J connectivity index is 2.05. The van der Waals surface area contributed by atoms with Crippen LogP contribution in [-0.2, 0) is 15.6 Å². The Labute approximate surface area is 128 Å². The van der Waals surface area contributed by atoms with Crippen LogP contribution in [0.4, 0.5) is 0 Å². The highest BCUT2D eigenvalue weighted by molar-refractivity contribution is 8.29. The SMILES string of the molecule is CS(=O)(=O)C(SCc1ccccc1)Sc1ccccc1. The Morgan fingerprint density at radius 2 is 1.50 bits per heavy atom. The molecule has 0 radical (unpaired) electrons. The van der Waals surface area contributed by atoms with Gasteiger partial charge in [0.05, 0.1) is 0 Å². The molecule has 2 rings (SSSR count). The Kier molecular flexibility index (Phi) is 5.57. The van der Waals surface area contributed by atoms with Gasteiger partial charge in [-0.25, -0.2) is 8.42 Å². The molecule has 2 aromatic rings. The van der Waals surface area contributed by atoms with Crippen molar-refractivity contribution < 1.29 is 8.42 Å². The first-order chi connectivity index (χ1) is 9.55. The lowest BCUT2D eigenvalue weighted by Crippen LogP contribution is -2.12. The standard InChI is InChI=1S/C15H16O2S3/c1-20(16,17)15(19-14-10-6-3-7-11-14)18-12-13-8-4-2-5-9-13/h2-11,15H,12H2,1H3. The Morgan fingerprint density at radius 1 is 0.950 bits per heavy atom. The van der Waals surface area contributed by atoms with Crippen LogP contribution in [0.5, 0.6) is 0 Å². The predicted molar refractivity (Wildman–Crippen MR) is 88.7 cm³/mol. The molecule has 0 saturated carbocycles. The van der Waals surface area contributed by atoms with Gasteiger partial charge >= 0.3 is 0 Å². The summed E-state index contributed by atoms with van der Waals surface area (Å²) in [5, 5.41) is 0. The normalized spacial score (nSPS) is 13.1. The zero-order chi connectivity index (χ0) is 14.4. The average Bonchev–Trinajstić information content (AvgIpc) is 2.44. The summed E-state index contributed by atoms with van der Waals surface area (Å²) < 4.78 is 23.3. The highest BCUT2D eigenvalue weighted by atomic mass is 32.3. The van der Waals surface area contributed by atoms with Crippen LogP contribution in [0.1, 0.15) is 5.56 Å². The molecule has 5 heteroatoms. The average molecular weight is 324 g/mol. The molecule has 0 aromatic heterocycles. The first-order valence-corrected chi connectivity index (χ1v) is 10.00. The highest BCUT2D eigenvalue weighted by Gasteiger charge is 2.22. The number of sulfone groups is 1. The van der Waals surface area contributed by atoms with E-state index in [1.807, 2.05) is 60.7 Å². The Morgan fingerprint density at radius 3 is 2.05 bits per heavy atom. The molecule has 0 bridgehead atoms. The van der Waals surface area contributed by atoms with Crippen LogP contribution in [0.3, 0.4) is 0 Å². The molecule has 0 aliphatic rings. The minimum Gasteiger partial charge on any atom is -0.227 e. The van der Waals surface area contributed by atoms with Crippen molar-refractivity contribution in [3.63, 3.8) is 0 Å². The molecular weight excluding hydrogens is 308 g/mol. The summed E-state index contributed by atoms with van der Waals surface area (Å²) in [4.78, 5) is 0.975. The summed E-state index contributed by atoms with van der Waals surface area (Å²) in [5.74, 6) is 0.693. The minimum absolute atomic E-state index is 0.481. The van der Waals surface area contributed by atoms with Crippen LogP contribution >= 0.6 is 23.5 Å². The van der Waals surface area contributed by atoms with E-state index in [2.05, 4.69) is 0 Å². The van der Waals surface area contributed by atoms with Crippen LogP contribution in [0.15, 0.2) is 65.6 Å². The topological polar surface area (TPSA) is 34.1 Å². The molecule has 20 heavy (non-hydrogen) atoms. The van der Waals surface area contributed by atoms with Crippen molar-refractivity contribution >= 4 is 33.4 Å². The van der Waals surface area contributed by atoms with E-state index >= 15 is 0 Å². The summed E-state index contributed by atoms with van der Waals surface area (Å²) >= 11 is 2.84. The maximum Gasteiger partial charge on any atom is 0.169 e. The molecule has 0 amide bonds. The van der Waals surface area contributed by atoms with Crippen molar-refractivity contribution in [3.05, 3.63) is 66.2 Å². The van der Waals surface area contributed by atoms with Crippen molar-refractivity contribution in [2.24, 2.45) is 0 Å². The second kappa shape index (κ2) is 7.20. The Hall–Kier alpha value is -0.910. The number of benzene rings is 2. The van der Waals surface area contributed by atoms with Gasteiger partial charge in [0.25, 0.3) is 0 Å². The molecule has 2 nitrogen and oxygen atoms in total. The van der Waals surface area contributed by atoms with Gasteiger partial charge in [-0.3, -0.25) is 0 Å². The molecule has 1 atom stereocenters. The summed E-state index contributed by atoms with van der Waals surface area (Å²) in [6.45, 7) is 0. The maximum absolute atomic E-state index is 11.9. The molecule has 0 heterocycles. The summed E-state index contributed by atoms with van der Waals surface area (Å²) in [6.07, 6.45) is 1.30. The fourth-order valence-electron chi connectivity index (χ4n) is 1.59. The van der Waals surface area contributed by atoms with Gasteiger partial charge in [0.2, 0.25) is 0 Å². The first-order valence-electron chi connectivity index (χ1n) is 6.12. The summed E-state index contributed by atoms with van der Waals surface area (Å²) in [6, 6.07) is 19.6. The van der Waals surface area contributed by atoms with Crippen LogP contribution in [0.25, 0.3) is 0 Å². The molecular formula is C15H16O2S3. The quantitative estimate of drug-likeness (QED) is 0.593. The van der Waals surface area contributed by atoms with E-state index in [0.717, 1.165) is 10.5 Å². The van der Waals surface area contributed by atoms with E-state index in [0.29, 0.717) is 5.75 Å². The Bertz CT molecular complexity index is 625. The van der Waals surface area contributed by atoms with Gasteiger partial charge in [-0.1, -0.05) is 60.3 Å². The number of thioether (sulfide) groups is 2. The van der Waals surface area contributed by atoms with E-state index in [1.165, 1.54) is 29.8 Å². The van der Waals surface area contributed by atoms with E-state index in [9.17, 15) is 8.42 Å². The third-order valence-corrected chi connectivity index (χ3v) is 8.25. The molecule has 0 fully saturated rings. The third kappa shape index (κ3) is 4.89. The van der Waals surface area contributed by atoms with Crippen molar-refractivity contribution in [3.8, 4) is 0 Å². The number of hydrogen-bond acceptors (Lipinski definition) is 4. The van der Waals surface area contributed by atoms with E-state index in [-0.39, 0.29) is 0 Å². The summed E-state index contributed by atoms with van der Waals surface area (Å²) in [7, 11) is -3.11. The van der Waals surface area contributed by atoms with Gasteiger partial charge in [0.1, 0.15) is 0 Å². The fourth-order valence-corrected chi connectivity index (χ4v) is 5.69. The zero-order valence-electron chi connectivity index (χ0n) is 11.1. The fraction of sp³-hybridized carbons (Fsp3) is 0.200. The van der Waals surface area contributed by atoms with Crippen molar-refractivity contribution in [1.82, 2.24) is 0 Å². The van der Waals surface area contributed by atoms with Gasteiger partial charge in [-0.2, -0.15) is 0 Å². The maximum atomic E-state index is 11.9. The van der Waals surface area contributed by atoms with Gasteiger partial charge in [0.15, 0.2) is 13.8 Å². The van der Waals surface area contributed by atoms with Gasteiger partial charge in [-0.05, 0) is 17.7 Å². The minimum atomic E-state index is -3.11. The lowest BCUT2D eigenvalue weighted by molar-refractivity contribution is 0.605. The lowest BCUT2D eigenvalue weighted by atomic mass is 10.2. The van der Waals surface area contributed by atoms with Crippen molar-refractivity contribution in [1.29, 1.82) is 0 Å². The predicted octanol–water partition coefficient (Wildman–Crippen LogP) is 4.04. The lowest BCUT2D eigenvalue weighted by Gasteiger charge is -2.14. The first kappa shape index (κ1) is 15.5. The van der Waals surface area contributed by atoms with Crippen molar-refractivity contribution in [2.45, 2.75) is 14.6 Å². The molecule has 1 unspecified atom stereocenters. The zero-order valence-corrected chi connectivity index (χ0v) is 13.5. The molecule has 0 N–H and O–H groups in total. The molecule has 0 spiro atoms. The summed E-state index contributed by atoms with van der Waals surface area (Å²) in [5.41, 5.74) is 1.14. The van der Waals surface area contributed by atoms with Gasteiger partial charge in [0, 0.05) is 16.9 Å². The van der Waals surface area contributed by atoms with Crippen LogP contribution in [0.2, 0.25) is 0 Å². The van der Waals surface area contributed by atoms with E-state index in [4.69, 9.17) is 0 Å².